The summed E-state index contributed by atoms with van der Waals surface area (Å²) >= 11 is 0. The molecule has 34 heavy (non-hydrogen) atoms. The molecular formula is C25H26N2O6S. The van der Waals surface area contributed by atoms with Gasteiger partial charge < -0.3 is 15.1 Å². The molecule has 1 aliphatic heterocycles. The third-order valence-corrected chi connectivity index (χ3v) is 7.86. The monoisotopic (exact) mass is 482 g/mol. The maximum Gasteiger partial charge on any atom is 0.264 e. The highest BCUT2D eigenvalue weighted by Gasteiger charge is 2.43. The molecule has 0 fully saturated rings. The number of benzene rings is 2. The van der Waals surface area contributed by atoms with E-state index >= 15 is 0 Å². The largest absolute Gasteiger partial charge is 0.510 e. The van der Waals surface area contributed by atoms with Crippen LogP contribution in [0.5, 0.6) is 0 Å². The molecule has 0 aliphatic carbocycles. The number of carbonyl (C=O) groups excluding carboxylic acids is 1. The zero-order valence-electron chi connectivity index (χ0n) is 18.8. The van der Waals surface area contributed by atoms with Crippen LogP contribution in [0.2, 0.25) is 0 Å². The van der Waals surface area contributed by atoms with Crippen LogP contribution in [0.15, 0.2) is 72.3 Å². The molecule has 1 amide bonds. The summed E-state index contributed by atoms with van der Waals surface area (Å²) in [5, 5.41) is 30.0. The van der Waals surface area contributed by atoms with Gasteiger partial charge in [-0.25, -0.2) is 13.9 Å². The first kappa shape index (κ1) is 24.9. The Morgan fingerprint density at radius 3 is 2.21 bits per heavy atom. The van der Waals surface area contributed by atoms with E-state index in [1.807, 2.05) is 42.5 Å². The van der Waals surface area contributed by atoms with Crippen molar-refractivity contribution < 1.29 is 28.6 Å². The number of amides is 1. The lowest BCUT2D eigenvalue weighted by atomic mass is 9.99. The van der Waals surface area contributed by atoms with Gasteiger partial charge in [-0.1, -0.05) is 42.2 Å². The van der Waals surface area contributed by atoms with Crippen molar-refractivity contribution in [2.24, 2.45) is 0 Å². The number of nitrogens with one attached hydrogen (secondary N) is 1. The minimum atomic E-state index is -3.87. The van der Waals surface area contributed by atoms with E-state index in [-0.39, 0.29) is 31.2 Å². The average molecular weight is 483 g/mol. The second-order valence-corrected chi connectivity index (χ2v) is 10.6. The number of carbonyl (C=O) groups is 1. The molecule has 1 heterocycles. The van der Waals surface area contributed by atoms with Gasteiger partial charge in [-0.05, 0) is 43.2 Å². The minimum Gasteiger partial charge on any atom is -0.510 e. The van der Waals surface area contributed by atoms with E-state index in [9.17, 15) is 23.4 Å². The molecule has 4 N–H and O–H groups in total. The smallest absolute Gasteiger partial charge is 0.264 e. The van der Waals surface area contributed by atoms with Crippen molar-refractivity contribution in [3.8, 4) is 11.8 Å². The van der Waals surface area contributed by atoms with Crippen LogP contribution in [0, 0.1) is 11.8 Å². The Kier molecular flexibility index (Phi) is 7.35. The molecule has 0 radical (unpaired) electrons. The lowest BCUT2D eigenvalue weighted by Gasteiger charge is -2.32. The van der Waals surface area contributed by atoms with E-state index in [0.29, 0.717) is 11.1 Å². The maximum absolute atomic E-state index is 12.1. The van der Waals surface area contributed by atoms with Crippen molar-refractivity contribution in [1.82, 2.24) is 10.4 Å². The number of hydroxylamine groups is 1. The molecule has 3 rings (SSSR count). The second-order valence-electron chi connectivity index (χ2n) is 8.17. The lowest BCUT2D eigenvalue weighted by molar-refractivity contribution is -0.131. The summed E-state index contributed by atoms with van der Waals surface area (Å²) in [5.41, 5.74) is 4.18. The normalized spacial score (nSPS) is 15.6. The first-order chi connectivity index (χ1) is 16.0. The van der Waals surface area contributed by atoms with E-state index in [0.717, 1.165) is 17.4 Å². The van der Waals surface area contributed by atoms with Crippen LogP contribution in [0.3, 0.4) is 0 Å². The summed E-state index contributed by atoms with van der Waals surface area (Å²) in [6.07, 6.45) is 2.07. The Morgan fingerprint density at radius 2 is 1.65 bits per heavy atom. The summed E-state index contributed by atoms with van der Waals surface area (Å²) < 4.78 is 22.4. The highest BCUT2D eigenvalue weighted by molar-refractivity contribution is 7.92. The molecule has 0 spiro atoms. The molecule has 0 saturated heterocycles. The van der Waals surface area contributed by atoms with E-state index in [1.54, 1.807) is 12.1 Å². The Bertz CT molecular complexity index is 1290. The standard InChI is InChI=1S/C25H26N2O6S/c1-25(24(30)26-31,34(2,32)33)14-15-27-17-22(28)21(16-23(27)29)20-12-10-19(11-13-20)9-8-18-6-4-3-5-7-18/h3-7,10-13,16,28-29,31H,14-15,17H2,1-2H3,(H,26,30). The highest BCUT2D eigenvalue weighted by Crippen LogP contribution is 2.29. The Balaban J connectivity index is 1.74. The van der Waals surface area contributed by atoms with Gasteiger partial charge >= 0.3 is 0 Å². The topological polar surface area (TPSA) is 127 Å². The molecule has 2 aromatic carbocycles. The fraction of sp³-hybridized carbons (Fsp3) is 0.240. The van der Waals surface area contributed by atoms with Crippen molar-refractivity contribution in [3.05, 3.63) is 89.0 Å². The number of rotatable bonds is 6. The predicted octanol–water partition coefficient (Wildman–Crippen LogP) is 2.77. The Hall–Kier alpha value is -3.74. The van der Waals surface area contributed by atoms with Gasteiger partial charge in [0.05, 0.1) is 6.54 Å². The van der Waals surface area contributed by atoms with Gasteiger partial charge in [0.25, 0.3) is 5.91 Å². The van der Waals surface area contributed by atoms with Crippen LogP contribution < -0.4 is 5.48 Å². The number of sulfone groups is 1. The van der Waals surface area contributed by atoms with Crippen molar-refractivity contribution in [2.45, 2.75) is 18.1 Å². The number of allylic oxidation sites excluding steroid dienone is 2. The summed E-state index contributed by atoms with van der Waals surface area (Å²) in [5.74, 6) is 4.88. The SMILES string of the molecule is CC(CCN1CC(O)=C(c2ccc(C#Cc3ccccc3)cc2)C=C1O)(C(=O)NO)S(C)(=O)=O. The van der Waals surface area contributed by atoms with E-state index in [2.05, 4.69) is 11.8 Å². The van der Waals surface area contributed by atoms with Gasteiger partial charge in [-0.15, -0.1) is 0 Å². The van der Waals surface area contributed by atoms with Crippen LogP contribution in [0.25, 0.3) is 5.57 Å². The van der Waals surface area contributed by atoms with Crippen molar-refractivity contribution in [1.29, 1.82) is 0 Å². The molecule has 0 aromatic heterocycles. The number of aliphatic hydroxyl groups excluding tert-OH is 2. The first-order valence-electron chi connectivity index (χ1n) is 10.4. The van der Waals surface area contributed by atoms with Gasteiger partial charge in [0.2, 0.25) is 0 Å². The molecule has 2 aromatic rings. The lowest BCUT2D eigenvalue weighted by Crippen LogP contribution is -2.51. The molecule has 1 atom stereocenters. The molecular weight excluding hydrogens is 456 g/mol. The van der Waals surface area contributed by atoms with Crippen LogP contribution in [-0.2, 0) is 14.6 Å². The number of nitrogens with zero attached hydrogens (tertiary/aromatic N) is 1. The van der Waals surface area contributed by atoms with E-state index in [1.165, 1.54) is 23.4 Å². The van der Waals surface area contributed by atoms with Crippen LogP contribution in [0.1, 0.15) is 30.0 Å². The molecule has 0 saturated carbocycles. The highest BCUT2D eigenvalue weighted by atomic mass is 32.2. The Labute approximate surface area is 198 Å². The summed E-state index contributed by atoms with van der Waals surface area (Å²) in [7, 11) is -3.87. The van der Waals surface area contributed by atoms with Gasteiger partial charge in [-0.2, -0.15) is 0 Å². The third-order valence-electron chi connectivity index (χ3n) is 5.83. The molecule has 1 aliphatic rings. The molecule has 0 bridgehead atoms. The fourth-order valence-electron chi connectivity index (χ4n) is 3.43. The summed E-state index contributed by atoms with van der Waals surface area (Å²) in [6.45, 7) is 1.07. The second kappa shape index (κ2) is 10.0. The van der Waals surface area contributed by atoms with Gasteiger partial charge in [0.1, 0.15) is 5.76 Å². The minimum absolute atomic E-state index is 0.0198. The number of hydrogen-bond acceptors (Lipinski definition) is 7. The van der Waals surface area contributed by atoms with Gasteiger partial charge in [0, 0.05) is 35.6 Å². The average Bonchev–Trinajstić information content (AvgIpc) is 2.82. The molecule has 8 nitrogen and oxygen atoms in total. The van der Waals surface area contributed by atoms with E-state index in [4.69, 9.17) is 5.21 Å². The summed E-state index contributed by atoms with van der Waals surface area (Å²) in [4.78, 5) is 13.3. The number of aliphatic hydroxyl groups is 2. The third kappa shape index (κ3) is 5.42. The summed E-state index contributed by atoms with van der Waals surface area (Å²) in [6, 6.07) is 16.8. The fourth-order valence-corrected chi connectivity index (χ4v) is 4.27. The maximum atomic E-state index is 12.1. The van der Waals surface area contributed by atoms with Crippen LogP contribution >= 0.6 is 0 Å². The number of hydrogen-bond donors (Lipinski definition) is 4. The molecule has 178 valence electrons. The van der Waals surface area contributed by atoms with E-state index < -0.39 is 20.5 Å². The zero-order chi connectivity index (χ0) is 24.9. The molecule has 1 unspecified atom stereocenters. The van der Waals surface area contributed by atoms with Crippen molar-refractivity contribution >= 4 is 21.3 Å². The van der Waals surface area contributed by atoms with Crippen molar-refractivity contribution in [2.75, 3.05) is 19.3 Å². The Morgan fingerprint density at radius 1 is 1.06 bits per heavy atom. The van der Waals surface area contributed by atoms with Crippen LogP contribution in [0.4, 0.5) is 0 Å². The van der Waals surface area contributed by atoms with Gasteiger partial charge in [0.15, 0.2) is 20.5 Å². The predicted molar refractivity (Wildman–Crippen MR) is 128 cm³/mol. The quantitative estimate of drug-likeness (QED) is 0.283. The molecule has 9 heteroatoms. The first-order valence-corrected chi connectivity index (χ1v) is 12.3. The van der Waals surface area contributed by atoms with Crippen molar-refractivity contribution in [3.63, 3.8) is 0 Å². The van der Waals surface area contributed by atoms with Crippen LogP contribution in [-0.4, -0.2) is 58.7 Å². The zero-order valence-corrected chi connectivity index (χ0v) is 19.6. The van der Waals surface area contributed by atoms with Gasteiger partial charge in [-0.3, -0.25) is 10.0 Å².